The number of hydrogen-bond acceptors (Lipinski definition) is 4. The topological polar surface area (TPSA) is 99.7 Å². The van der Waals surface area contributed by atoms with Gasteiger partial charge in [0.15, 0.2) is 11.5 Å². The molecule has 146 valence electrons. The predicted octanol–water partition coefficient (Wildman–Crippen LogP) is 3.20. The minimum absolute atomic E-state index is 0.0316. The largest absolute Gasteiger partial charge is 0.504 e. The van der Waals surface area contributed by atoms with Gasteiger partial charge in [-0.3, -0.25) is 4.79 Å². The number of aromatic hydroxyl groups is 1. The highest BCUT2D eigenvalue weighted by Gasteiger charge is 2.32. The van der Waals surface area contributed by atoms with Crippen LogP contribution in [0.2, 0.25) is 0 Å². The lowest BCUT2D eigenvalue weighted by molar-refractivity contribution is -0.113. The zero-order chi connectivity index (χ0) is 20.3. The lowest BCUT2D eigenvalue weighted by Crippen LogP contribution is -2.46. The Labute approximate surface area is 161 Å². The van der Waals surface area contributed by atoms with Crippen LogP contribution in [-0.2, 0) is 4.79 Å². The zero-order valence-electron chi connectivity index (χ0n) is 15.4. The smallest absolute Gasteiger partial charge is 0.319 e. The van der Waals surface area contributed by atoms with E-state index in [1.54, 1.807) is 32.0 Å². The van der Waals surface area contributed by atoms with Crippen molar-refractivity contribution in [2.24, 2.45) is 0 Å². The van der Waals surface area contributed by atoms with Crippen LogP contribution < -0.4 is 20.7 Å². The molecule has 2 aromatic carbocycles. The molecule has 0 saturated carbocycles. The van der Waals surface area contributed by atoms with Gasteiger partial charge in [-0.05, 0) is 43.7 Å². The number of benzene rings is 2. The van der Waals surface area contributed by atoms with Crippen LogP contribution in [0.3, 0.4) is 0 Å². The highest BCUT2D eigenvalue weighted by atomic mass is 19.1. The van der Waals surface area contributed by atoms with Gasteiger partial charge in [0, 0.05) is 5.70 Å². The lowest BCUT2D eigenvalue weighted by Gasteiger charge is -2.29. The molecule has 4 N–H and O–H groups in total. The Morgan fingerprint density at radius 1 is 1.29 bits per heavy atom. The highest BCUT2D eigenvalue weighted by Crippen LogP contribution is 2.34. The molecular weight excluding hydrogens is 365 g/mol. The third-order valence-electron chi connectivity index (χ3n) is 4.25. The maximum atomic E-state index is 13.9. The van der Waals surface area contributed by atoms with Crippen LogP contribution in [0, 0.1) is 5.82 Å². The fraction of sp³-hybridized carbons (Fsp3) is 0.200. The quantitative estimate of drug-likeness (QED) is 0.635. The van der Waals surface area contributed by atoms with Crippen molar-refractivity contribution in [2.45, 2.75) is 19.9 Å². The molecule has 1 atom stereocenters. The van der Waals surface area contributed by atoms with Crippen molar-refractivity contribution >= 4 is 17.6 Å². The molecule has 1 aliphatic rings. The van der Waals surface area contributed by atoms with Gasteiger partial charge in [0.05, 0.1) is 23.9 Å². The predicted molar refractivity (Wildman–Crippen MR) is 101 cm³/mol. The van der Waals surface area contributed by atoms with Crippen molar-refractivity contribution < 1.29 is 23.8 Å². The first-order valence-electron chi connectivity index (χ1n) is 8.70. The maximum absolute atomic E-state index is 13.9. The third kappa shape index (κ3) is 3.90. The van der Waals surface area contributed by atoms with E-state index >= 15 is 0 Å². The van der Waals surface area contributed by atoms with Crippen molar-refractivity contribution in [3.05, 3.63) is 65.1 Å². The number of para-hydroxylation sites is 1. The molecule has 3 amide bonds. The first-order valence-corrected chi connectivity index (χ1v) is 8.70. The van der Waals surface area contributed by atoms with Gasteiger partial charge in [-0.1, -0.05) is 18.2 Å². The number of phenols is 1. The molecule has 0 aliphatic carbocycles. The summed E-state index contributed by atoms with van der Waals surface area (Å²) in [7, 11) is 0. The van der Waals surface area contributed by atoms with Gasteiger partial charge in [-0.15, -0.1) is 0 Å². The Hall–Kier alpha value is -3.55. The van der Waals surface area contributed by atoms with Crippen molar-refractivity contribution in [3.8, 4) is 11.5 Å². The molecule has 0 spiro atoms. The van der Waals surface area contributed by atoms with E-state index in [-0.39, 0.29) is 22.8 Å². The van der Waals surface area contributed by atoms with Gasteiger partial charge in [0.1, 0.15) is 5.82 Å². The second-order valence-corrected chi connectivity index (χ2v) is 6.16. The van der Waals surface area contributed by atoms with Gasteiger partial charge < -0.3 is 25.8 Å². The summed E-state index contributed by atoms with van der Waals surface area (Å²) in [5.41, 5.74) is 1.13. The molecule has 7 nitrogen and oxygen atoms in total. The van der Waals surface area contributed by atoms with Gasteiger partial charge >= 0.3 is 6.03 Å². The number of phenolic OH excluding ortho intramolecular Hbond substituents is 1. The van der Waals surface area contributed by atoms with Gasteiger partial charge in [-0.2, -0.15) is 0 Å². The van der Waals surface area contributed by atoms with E-state index in [4.69, 9.17) is 4.74 Å². The molecular formula is C20H20FN3O4. The number of urea groups is 1. The SMILES string of the molecule is CCOc1cc([C@H]2NC(=O)NC(C)=C2C(=O)Nc2ccccc2F)ccc1O. The van der Waals surface area contributed by atoms with E-state index in [2.05, 4.69) is 16.0 Å². The molecule has 8 heteroatoms. The Bertz CT molecular complexity index is 958. The normalized spacial score (nSPS) is 16.2. The molecule has 2 aromatic rings. The molecule has 0 fully saturated rings. The number of amides is 3. The van der Waals surface area contributed by atoms with Crippen LogP contribution in [0.25, 0.3) is 0 Å². The van der Waals surface area contributed by atoms with Gasteiger partial charge in [0.25, 0.3) is 5.91 Å². The van der Waals surface area contributed by atoms with E-state index in [0.717, 1.165) is 0 Å². The summed E-state index contributed by atoms with van der Waals surface area (Å²) in [5.74, 6) is -0.948. The standard InChI is InChI=1S/C20H20FN3O4/c1-3-28-16-10-12(8-9-15(16)25)18-17(11(2)22-20(27)24-18)19(26)23-14-7-5-4-6-13(14)21/h4-10,18,25H,3H2,1-2H3,(H,23,26)(H2,22,24,27)/t18-/m1/s1. The molecule has 1 heterocycles. The Balaban J connectivity index is 1.98. The van der Waals surface area contributed by atoms with E-state index < -0.39 is 23.8 Å². The first kappa shape index (κ1) is 19.2. The number of carbonyl (C=O) groups excluding carboxylic acids is 2. The Kier molecular flexibility index (Phi) is 5.49. The van der Waals surface area contributed by atoms with E-state index in [1.165, 1.54) is 24.3 Å². The molecule has 0 aromatic heterocycles. The summed E-state index contributed by atoms with van der Waals surface area (Å²) in [6.45, 7) is 3.70. The monoisotopic (exact) mass is 385 g/mol. The zero-order valence-corrected chi connectivity index (χ0v) is 15.4. The fourth-order valence-electron chi connectivity index (χ4n) is 2.98. The second kappa shape index (κ2) is 7.99. The summed E-state index contributed by atoms with van der Waals surface area (Å²) in [5, 5.41) is 17.7. The maximum Gasteiger partial charge on any atom is 0.319 e. The van der Waals surface area contributed by atoms with Crippen molar-refractivity contribution in [3.63, 3.8) is 0 Å². The summed E-state index contributed by atoms with van der Waals surface area (Å²) >= 11 is 0. The average Bonchev–Trinajstić information content (AvgIpc) is 2.65. The number of halogens is 1. The van der Waals surface area contributed by atoms with Crippen molar-refractivity contribution in [1.82, 2.24) is 10.6 Å². The highest BCUT2D eigenvalue weighted by molar-refractivity contribution is 6.06. The number of allylic oxidation sites excluding steroid dienone is 1. The summed E-state index contributed by atoms with van der Waals surface area (Å²) < 4.78 is 19.3. The van der Waals surface area contributed by atoms with Gasteiger partial charge in [0.2, 0.25) is 0 Å². The molecule has 0 bridgehead atoms. The Morgan fingerprint density at radius 2 is 2.04 bits per heavy atom. The van der Waals surface area contributed by atoms with Crippen LogP contribution in [0.4, 0.5) is 14.9 Å². The number of carbonyl (C=O) groups is 2. The second-order valence-electron chi connectivity index (χ2n) is 6.16. The molecule has 28 heavy (non-hydrogen) atoms. The number of ether oxygens (including phenoxy) is 1. The number of hydrogen-bond donors (Lipinski definition) is 4. The minimum atomic E-state index is -0.805. The number of anilines is 1. The summed E-state index contributed by atoms with van der Waals surface area (Å²) in [4.78, 5) is 24.9. The van der Waals surface area contributed by atoms with Gasteiger partial charge in [-0.25, -0.2) is 9.18 Å². The van der Waals surface area contributed by atoms with E-state index in [1.807, 2.05) is 0 Å². The lowest BCUT2D eigenvalue weighted by atomic mass is 9.94. The number of nitrogens with one attached hydrogen (secondary N) is 3. The van der Waals surface area contributed by atoms with Crippen LogP contribution in [0.1, 0.15) is 25.5 Å². The van der Waals surface area contributed by atoms with Crippen LogP contribution >= 0.6 is 0 Å². The summed E-state index contributed by atoms with van der Waals surface area (Å²) in [6.07, 6.45) is 0. The van der Waals surface area contributed by atoms with Crippen molar-refractivity contribution in [2.75, 3.05) is 11.9 Å². The molecule has 0 unspecified atom stereocenters. The van der Waals surface area contributed by atoms with E-state index in [9.17, 15) is 19.1 Å². The Morgan fingerprint density at radius 3 is 2.75 bits per heavy atom. The van der Waals surface area contributed by atoms with Crippen molar-refractivity contribution in [1.29, 1.82) is 0 Å². The fourth-order valence-corrected chi connectivity index (χ4v) is 2.98. The molecule has 3 rings (SSSR count). The summed E-state index contributed by atoms with van der Waals surface area (Å²) in [6, 6.07) is 9.09. The number of rotatable bonds is 5. The first-order chi connectivity index (χ1) is 13.4. The molecule has 0 radical (unpaired) electrons. The van der Waals surface area contributed by atoms with E-state index in [0.29, 0.717) is 17.9 Å². The van der Waals surface area contributed by atoms with Crippen LogP contribution in [0.15, 0.2) is 53.7 Å². The molecule has 0 saturated heterocycles. The minimum Gasteiger partial charge on any atom is -0.504 e. The third-order valence-corrected chi connectivity index (χ3v) is 4.25. The van der Waals surface area contributed by atoms with Crippen LogP contribution in [-0.4, -0.2) is 23.7 Å². The average molecular weight is 385 g/mol. The molecule has 1 aliphatic heterocycles. The van der Waals surface area contributed by atoms with Crippen LogP contribution in [0.5, 0.6) is 11.5 Å².